The molecule has 0 spiro atoms. The van der Waals surface area contributed by atoms with Crippen LogP contribution >= 0.6 is 35.4 Å². The Kier molecular flexibility index (Phi) is 10.4. The van der Waals surface area contributed by atoms with Gasteiger partial charge in [-0.25, -0.2) is 4.98 Å². The molecule has 10 heteroatoms. The topological polar surface area (TPSA) is 86.0 Å². The van der Waals surface area contributed by atoms with Gasteiger partial charge in [0, 0.05) is 43.8 Å². The number of carbonyl (C=O) groups excluding carboxylic acids is 1. The lowest BCUT2D eigenvalue weighted by atomic mass is 10.1. The lowest BCUT2D eigenvalue weighted by Crippen LogP contribution is -2.40. The summed E-state index contributed by atoms with van der Waals surface area (Å²) in [4.78, 5) is 19.1. The number of nitrogens with one attached hydrogen (secondary N) is 2. The zero-order chi connectivity index (χ0) is 29.4. The van der Waals surface area contributed by atoms with Crippen LogP contribution in [0.4, 0.5) is 5.69 Å². The molecule has 7 nitrogen and oxygen atoms in total. The molecule has 0 aliphatic carbocycles. The molecule has 0 saturated carbocycles. The molecule has 0 fully saturated rings. The first-order chi connectivity index (χ1) is 19.7. The fourth-order valence-corrected chi connectivity index (χ4v) is 4.88. The number of aryl methyl sites for hydroxylation is 2. The maximum Gasteiger partial charge on any atom is 0.226 e. The van der Waals surface area contributed by atoms with E-state index in [-0.39, 0.29) is 12.3 Å². The van der Waals surface area contributed by atoms with Crippen molar-refractivity contribution in [3.05, 3.63) is 117 Å². The van der Waals surface area contributed by atoms with Crippen molar-refractivity contribution in [1.82, 2.24) is 19.8 Å². The minimum Gasteiger partial charge on any atom is -0.354 e. The predicted octanol–water partition coefficient (Wildman–Crippen LogP) is 6.28. The molecule has 3 aromatic carbocycles. The van der Waals surface area contributed by atoms with E-state index < -0.39 is 0 Å². The largest absolute Gasteiger partial charge is 0.354 e. The van der Waals surface area contributed by atoms with Crippen LogP contribution in [0.5, 0.6) is 0 Å². The van der Waals surface area contributed by atoms with Crippen LogP contribution in [0, 0.1) is 25.2 Å². The molecule has 2 N–H and O–H groups in total. The number of aromatic nitrogens is 2. The number of benzene rings is 3. The smallest absolute Gasteiger partial charge is 0.226 e. The van der Waals surface area contributed by atoms with E-state index in [1.54, 1.807) is 30.7 Å². The highest BCUT2D eigenvalue weighted by atomic mass is 35.5. The molecule has 0 unspecified atom stereocenters. The number of amides is 1. The molecule has 0 saturated heterocycles. The summed E-state index contributed by atoms with van der Waals surface area (Å²) in [5.74, 6) is -0.125. The van der Waals surface area contributed by atoms with Crippen LogP contribution in [0.2, 0.25) is 10.0 Å². The normalized spacial score (nSPS) is 10.6. The van der Waals surface area contributed by atoms with Crippen molar-refractivity contribution >= 4 is 52.1 Å². The second-order valence-corrected chi connectivity index (χ2v) is 10.9. The third-order valence-corrected chi connectivity index (χ3v) is 7.94. The number of imidazole rings is 1. The molecule has 41 heavy (non-hydrogen) atoms. The van der Waals surface area contributed by atoms with Crippen molar-refractivity contribution in [2.45, 2.75) is 33.4 Å². The van der Waals surface area contributed by atoms with Gasteiger partial charge in [0.1, 0.15) is 0 Å². The first kappa shape index (κ1) is 30.1. The quantitative estimate of drug-likeness (QED) is 0.207. The Morgan fingerprint density at radius 2 is 1.88 bits per heavy atom. The zero-order valence-corrected chi connectivity index (χ0v) is 25.2. The first-order valence-electron chi connectivity index (χ1n) is 13.0. The Morgan fingerprint density at radius 1 is 1.10 bits per heavy atom. The predicted molar refractivity (Wildman–Crippen MR) is 168 cm³/mol. The van der Waals surface area contributed by atoms with Gasteiger partial charge in [0.15, 0.2) is 5.11 Å². The van der Waals surface area contributed by atoms with Gasteiger partial charge < -0.3 is 20.1 Å². The molecule has 0 aliphatic rings. The van der Waals surface area contributed by atoms with Crippen molar-refractivity contribution in [3.63, 3.8) is 0 Å². The summed E-state index contributed by atoms with van der Waals surface area (Å²) in [5, 5.41) is 16.8. The number of thiocarbonyl (C=S) groups is 1. The van der Waals surface area contributed by atoms with Crippen LogP contribution < -0.4 is 10.6 Å². The lowest BCUT2D eigenvalue weighted by Gasteiger charge is -2.27. The van der Waals surface area contributed by atoms with Crippen molar-refractivity contribution < 1.29 is 4.79 Å². The number of rotatable bonds is 10. The average Bonchev–Trinajstić information content (AvgIpc) is 3.38. The third kappa shape index (κ3) is 8.30. The van der Waals surface area contributed by atoms with E-state index in [1.807, 2.05) is 45.9 Å². The molecular weight excluding hydrogens is 575 g/mol. The number of carbonyl (C=O) groups is 1. The average molecular weight is 606 g/mol. The highest BCUT2D eigenvalue weighted by Crippen LogP contribution is 2.27. The maximum absolute atomic E-state index is 12.9. The summed E-state index contributed by atoms with van der Waals surface area (Å²) in [5.41, 5.74) is 6.50. The molecule has 0 aliphatic heterocycles. The summed E-state index contributed by atoms with van der Waals surface area (Å²) >= 11 is 18.5. The van der Waals surface area contributed by atoms with E-state index >= 15 is 0 Å². The van der Waals surface area contributed by atoms with E-state index in [1.165, 1.54) is 5.56 Å². The Bertz CT molecular complexity index is 1580. The molecule has 1 aromatic heterocycles. The number of anilines is 1. The maximum atomic E-state index is 12.9. The van der Waals surface area contributed by atoms with Crippen molar-refractivity contribution in [1.29, 1.82) is 5.26 Å². The van der Waals surface area contributed by atoms with E-state index in [4.69, 9.17) is 40.7 Å². The highest BCUT2D eigenvalue weighted by Gasteiger charge is 2.16. The van der Waals surface area contributed by atoms with E-state index in [2.05, 4.69) is 41.6 Å². The number of halogens is 2. The number of hydrogen-bond donors (Lipinski definition) is 2. The van der Waals surface area contributed by atoms with E-state index in [9.17, 15) is 4.79 Å². The molecular formula is C31H30Cl2N6OS. The molecule has 1 heterocycles. The monoisotopic (exact) mass is 604 g/mol. The molecule has 1 amide bonds. The van der Waals surface area contributed by atoms with Crippen LogP contribution in [-0.2, 0) is 24.3 Å². The second kappa shape index (κ2) is 14.1. The van der Waals surface area contributed by atoms with Gasteiger partial charge in [-0.2, -0.15) is 5.26 Å². The van der Waals surface area contributed by atoms with Crippen molar-refractivity contribution in [2.24, 2.45) is 0 Å². The Hall–Kier alpha value is -3.90. The van der Waals surface area contributed by atoms with Crippen LogP contribution in [0.3, 0.4) is 0 Å². The molecule has 0 bridgehead atoms. The highest BCUT2D eigenvalue weighted by molar-refractivity contribution is 7.80. The van der Waals surface area contributed by atoms with Gasteiger partial charge in [0.05, 0.1) is 34.4 Å². The second-order valence-electron chi connectivity index (χ2n) is 9.71. The summed E-state index contributed by atoms with van der Waals surface area (Å²) in [7, 11) is 0. The van der Waals surface area contributed by atoms with Gasteiger partial charge >= 0.3 is 0 Å². The van der Waals surface area contributed by atoms with Gasteiger partial charge in [0.25, 0.3) is 0 Å². The van der Waals surface area contributed by atoms with E-state index in [0.29, 0.717) is 46.9 Å². The Balaban J connectivity index is 1.38. The number of nitrogens with zero attached hydrogens (tertiary/aromatic N) is 4. The molecule has 4 aromatic rings. The molecule has 0 atom stereocenters. The fraction of sp³-hybridized carbons (Fsp3) is 0.226. The van der Waals surface area contributed by atoms with Gasteiger partial charge in [-0.05, 0) is 78.7 Å². The van der Waals surface area contributed by atoms with Crippen LogP contribution in [0.1, 0.15) is 33.5 Å². The molecule has 0 radical (unpaired) electrons. The summed E-state index contributed by atoms with van der Waals surface area (Å²) in [6.45, 7) is 5.92. The Labute approximate surface area is 255 Å². The molecule has 4 rings (SSSR count). The summed E-state index contributed by atoms with van der Waals surface area (Å²) in [6.07, 6.45) is 3.58. The van der Waals surface area contributed by atoms with Crippen LogP contribution in [0.15, 0.2) is 73.2 Å². The minimum absolute atomic E-state index is 0.125. The van der Waals surface area contributed by atoms with Gasteiger partial charge in [-0.3, -0.25) is 4.79 Å². The third-order valence-electron chi connectivity index (χ3n) is 6.72. The zero-order valence-electron chi connectivity index (χ0n) is 22.8. The summed E-state index contributed by atoms with van der Waals surface area (Å²) < 4.78 is 1.93. The molecule has 210 valence electrons. The minimum atomic E-state index is -0.125. The van der Waals surface area contributed by atoms with Gasteiger partial charge in [-0.1, -0.05) is 53.5 Å². The van der Waals surface area contributed by atoms with Crippen molar-refractivity contribution in [3.8, 4) is 6.07 Å². The van der Waals surface area contributed by atoms with Crippen molar-refractivity contribution in [2.75, 3.05) is 18.4 Å². The van der Waals surface area contributed by atoms with Crippen LogP contribution in [0.25, 0.3) is 0 Å². The standard InChI is InChI=1S/C31H30Cl2N6OS/c1-21-6-11-26(14-22(21)2)37-31(41)38(19-25-4-3-5-28(32)30(25)33)13-12-36-29(40)15-27-17-35-20-39(27)18-24-9-7-23(16-34)8-10-24/h3-11,14,17,20H,12-13,15,18-19H2,1-2H3,(H,36,40)(H,37,41). The number of nitriles is 1. The van der Waals surface area contributed by atoms with Gasteiger partial charge in [0.2, 0.25) is 5.91 Å². The number of hydrogen-bond acceptors (Lipinski definition) is 4. The lowest BCUT2D eigenvalue weighted by molar-refractivity contribution is -0.120. The SMILES string of the molecule is Cc1ccc(NC(=S)N(CCNC(=O)Cc2cncn2Cc2ccc(C#N)cc2)Cc2cccc(Cl)c2Cl)cc1C. The first-order valence-corrected chi connectivity index (χ1v) is 14.2. The fourth-order valence-electron chi connectivity index (χ4n) is 4.23. The Morgan fingerprint density at radius 3 is 2.61 bits per heavy atom. The van der Waals surface area contributed by atoms with E-state index in [0.717, 1.165) is 28.1 Å². The van der Waals surface area contributed by atoms with Crippen LogP contribution in [-0.4, -0.2) is 38.6 Å². The van der Waals surface area contributed by atoms with Gasteiger partial charge in [-0.15, -0.1) is 0 Å². The summed E-state index contributed by atoms with van der Waals surface area (Å²) in [6, 6.07) is 21.1.